The van der Waals surface area contributed by atoms with Crippen LogP contribution in [-0.2, 0) is 10.8 Å². The summed E-state index contributed by atoms with van der Waals surface area (Å²) in [4.78, 5) is 16.2. The van der Waals surface area contributed by atoms with Gasteiger partial charge in [-0.3, -0.25) is 0 Å². The molecule has 0 saturated carbocycles. The van der Waals surface area contributed by atoms with E-state index in [1.807, 2.05) is 11.3 Å². The predicted molar refractivity (Wildman–Crippen MR) is 204 cm³/mol. The highest BCUT2D eigenvalue weighted by molar-refractivity contribution is 7.26. The fourth-order valence-electron chi connectivity index (χ4n) is 8.64. The Bertz CT molecular complexity index is 2680. The number of thiophene rings is 1. The van der Waals surface area contributed by atoms with Gasteiger partial charge in [-0.2, -0.15) is 0 Å². The molecule has 10 rings (SSSR count). The maximum Gasteiger partial charge on any atom is 0.165 e. The molecule has 234 valence electrons. The molecule has 0 radical (unpaired) electrons. The highest BCUT2D eigenvalue weighted by atomic mass is 32.1. The van der Waals surface area contributed by atoms with Crippen LogP contribution < -0.4 is 0 Å². The second-order valence-corrected chi connectivity index (χ2v) is 15.4. The Morgan fingerprint density at radius 2 is 0.918 bits per heavy atom. The average Bonchev–Trinajstić information content (AvgIpc) is 3.72. The number of aromatic nitrogens is 3. The van der Waals surface area contributed by atoms with Crippen LogP contribution in [0.5, 0.6) is 0 Å². The molecule has 2 aliphatic carbocycles. The van der Waals surface area contributed by atoms with Gasteiger partial charge < -0.3 is 0 Å². The Morgan fingerprint density at radius 3 is 1.73 bits per heavy atom. The largest absolute Gasteiger partial charge is 0.208 e. The summed E-state index contributed by atoms with van der Waals surface area (Å²) in [6, 6.07) is 46.0. The van der Waals surface area contributed by atoms with Gasteiger partial charge in [0.2, 0.25) is 0 Å². The normalized spacial score (nSPS) is 14.9. The zero-order valence-corrected chi connectivity index (χ0v) is 28.7. The van der Waals surface area contributed by atoms with Gasteiger partial charge in [-0.05, 0) is 56.6 Å². The molecule has 0 saturated heterocycles. The Labute approximate surface area is 290 Å². The minimum Gasteiger partial charge on any atom is -0.208 e. The molecule has 0 spiro atoms. The minimum atomic E-state index is -0.210. The van der Waals surface area contributed by atoms with Crippen LogP contribution >= 0.6 is 11.3 Å². The fraction of sp³-hybridized carbons (Fsp3) is 0.133. The van der Waals surface area contributed by atoms with E-state index in [0.717, 1.165) is 16.7 Å². The van der Waals surface area contributed by atoms with Gasteiger partial charge in [0.1, 0.15) is 0 Å². The van der Waals surface area contributed by atoms with Gasteiger partial charge in [0, 0.05) is 47.7 Å². The van der Waals surface area contributed by atoms with Crippen LogP contribution in [0.3, 0.4) is 0 Å². The van der Waals surface area contributed by atoms with E-state index in [4.69, 9.17) is 15.0 Å². The number of hydrogen-bond donors (Lipinski definition) is 0. The zero-order valence-electron chi connectivity index (χ0n) is 27.9. The third-order valence-electron chi connectivity index (χ3n) is 10.9. The molecule has 0 aliphatic heterocycles. The van der Waals surface area contributed by atoms with Gasteiger partial charge in [0.05, 0.1) is 0 Å². The number of rotatable bonds is 3. The maximum atomic E-state index is 5.41. The van der Waals surface area contributed by atoms with Gasteiger partial charge in [0.25, 0.3) is 0 Å². The molecule has 6 aromatic carbocycles. The van der Waals surface area contributed by atoms with E-state index in [1.54, 1.807) is 0 Å². The van der Waals surface area contributed by atoms with Crippen LogP contribution in [0.1, 0.15) is 49.9 Å². The quantitative estimate of drug-likeness (QED) is 0.192. The SMILES string of the molecule is CC1(C)c2ccccc2-c2c(-c3nc(-c4cccc5c4C(C)(C)c4ccccc4-5)nc(-c4cccc5c4sc4ccccc45)n3)cccc21. The average molecular weight is 648 g/mol. The van der Waals surface area contributed by atoms with E-state index < -0.39 is 0 Å². The molecule has 2 aromatic heterocycles. The van der Waals surface area contributed by atoms with Crippen LogP contribution in [0.15, 0.2) is 127 Å². The summed E-state index contributed by atoms with van der Waals surface area (Å²) in [5.41, 5.74) is 13.1. The van der Waals surface area contributed by atoms with Gasteiger partial charge >= 0.3 is 0 Å². The number of nitrogens with zero attached hydrogens (tertiary/aromatic N) is 3. The van der Waals surface area contributed by atoms with Gasteiger partial charge in [0.15, 0.2) is 17.5 Å². The molecule has 3 nitrogen and oxygen atoms in total. The maximum absolute atomic E-state index is 5.41. The van der Waals surface area contributed by atoms with Crippen molar-refractivity contribution in [1.29, 1.82) is 0 Å². The Balaban J connectivity index is 1.28. The van der Waals surface area contributed by atoms with Gasteiger partial charge in [-0.25, -0.2) is 15.0 Å². The third kappa shape index (κ3) is 3.92. The predicted octanol–water partition coefficient (Wildman–Crippen LogP) is 11.9. The molecule has 0 atom stereocenters. The van der Waals surface area contributed by atoms with Gasteiger partial charge in [-0.1, -0.05) is 143 Å². The van der Waals surface area contributed by atoms with Crippen LogP contribution in [0, 0.1) is 0 Å². The van der Waals surface area contributed by atoms with E-state index in [9.17, 15) is 0 Å². The summed E-state index contributed by atoms with van der Waals surface area (Å²) in [5.74, 6) is 2.11. The van der Waals surface area contributed by atoms with Crippen molar-refractivity contribution in [3.63, 3.8) is 0 Å². The molecule has 49 heavy (non-hydrogen) atoms. The zero-order chi connectivity index (χ0) is 33.1. The summed E-state index contributed by atoms with van der Waals surface area (Å²) in [5, 5.41) is 2.49. The van der Waals surface area contributed by atoms with Crippen LogP contribution in [0.2, 0.25) is 0 Å². The fourth-order valence-corrected chi connectivity index (χ4v) is 9.85. The first-order valence-electron chi connectivity index (χ1n) is 17.0. The summed E-state index contributed by atoms with van der Waals surface area (Å²) in [6.45, 7) is 9.29. The van der Waals surface area contributed by atoms with Crippen molar-refractivity contribution in [2.24, 2.45) is 0 Å². The molecule has 0 amide bonds. The third-order valence-corrected chi connectivity index (χ3v) is 12.2. The Hall–Kier alpha value is -5.45. The van der Waals surface area contributed by atoms with Crippen molar-refractivity contribution >= 4 is 31.5 Å². The summed E-state index contributed by atoms with van der Waals surface area (Å²) >= 11 is 1.81. The lowest BCUT2D eigenvalue weighted by Crippen LogP contribution is -2.17. The lowest BCUT2D eigenvalue weighted by Gasteiger charge is -2.24. The number of hydrogen-bond acceptors (Lipinski definition) is 4. The molecule has 2 aliphatic rings. The molecule has 0 fully saturated rings. The van der Waals surface area contributed by atoms with Crippen LogP contribution in [0.4, 0.5) is 0 Å². The molecule has 0 bridgehead atoms. The molecule has 2 heterocycles. The lowest BCUT2D eigenvalue weighted by molar-refractivity contribution is 0.660. The van der Waals surface area contributed by atoms with E-state index in [-0.39, 0.29) is 10.8 Å². The minimum absolute atomic E-state index is 0.126. The van der Waals surface area contributed by atoms with E-state index in [2.05, 4.69) is 155 Å². The highest BCUT2D eigenvalue weighted by Gasteiger charge is 2.39. The van der Waals surface area contributed by atoms with Crippen molar-refractivity contribution < 1.29 is 0 Å². The molecule has 0 N–H and O–H groups in total. The van der Waals surface area contributed by atoms with E-state index >= 15 is 0 Å². The topological polar surface area (TPSA) is 38.7 Å². The number of benzene rings is 6. The van der Waals surface area contributed by atoms with Crippen molar-refractivity contribution in [3.8, 4) is 56.4 Å². The monoisotopic (exact) mass is 647 g/mol. The molecule has 0 unspecified atom stereocenters. The summed E-state index contributed by atoms with van der Waals surface area (Å²) < 4.78 is 2.46. The summed E-state index contributed by atoms with van der Waals surface area (Å²) in [7, 11) is 0. The van der Waals surface area contributed by atoms with Crippen LogP contribution in [-0.4, -0.2) is 15.0 Å². The Morgan fingerprint density at radius 1 is 0.408 bits per heavy atom. The first kappa shape index (κ1) is 28.6. The molecule has 4 heteroatoms. The van der Waals surface area contributed by atoms with Crippen molar-refractivity contribution in [2.75, 3.05) is 0 Å². The van der Waals surface area contributed by atoms with E-state index in [1.165, 1.54) is 64.7 Å². The van der Waals surface area contributed by atoms with Crippen LogP contribution in [0.25, 0.3) is 76.6 Å². The van der Waals surface area contributed by atoms with Crippen molar-refractivity contribution in [3.05, 3.63) is 150 Å². The Kier molecular flexibility index (Phi) is 5.85. The number of fused-ring (bicyclic) bond motifs is 9. The standard InChI is InChI=1S/C45H33N3S/c1-44(2)35-23-9-6-16-30(35)38-31(19-13-24-36(38)44)41-46-42(32-20-11-17-28-26-14-5-8-22-34(26)45(3,4)39(28)32)48-43(47-41)33-21-12-18-29-27-15-7-10-25-37(27)49-40(29)33/h5-25H,1-4H3. The van der Waals surface area contributed by atoms with Crippen molar-refractivity contribution in [1.82, 2.24) is 15.0 Å². The lowest BCUT2D eigenvalue weighted by atomic mass is 9.80. The molecular formula is C45H33N3S. The molecule has 8 aromatic rings. The smallest absolute Gasteiger partial charge is 0.165 e. The second kappa shape index (κ2) is 10.0. The highest BCUT2D eigenvalue weighted by Crippen LogP contribution is 2.54. The molecular weight excluding hydrogens is 615 g/mol. The second-order valence-electron chi connectivity index (χ2n) is 14.4. The van der Waals surface area contributed by atoms with Crippen molar-refractivity contribution in [2.45, 2.75) is 38.5 Å². The van der Waals surface area contributed by atoms with E-state index in [0.29, 0.717) is 17.5 Å². The first-order valence-corrected chi connectivity index (χ1v) is 17.8. The van der Waals surface area contributed by atoms with Gasteiger partial charge in [-0.15, -0.1) is 11.3 Å². The first-order chi connectivity index (χ1) is 23.8. The summed E-state index contributed by atoms with van der Waals surface area (Å²) in [6.07, 6.45) is 0.